The number of amides is 1. The van der Waals surface area contributed by atoms with Crippen LogP contribution < -0.4 is 0 Å². The lowest BCUT2D eigenvalue weighted by Gasteiger charge is -2.16. The number of nitrogens with one attached hydrogen (secondary N) is 1. The number of aromatic nitrogens is 1. The first-order valence-corrected chi connectivity index (χ1v) is 6.30. The Balaban J connectivity index is 2.19. The molecule has 0 bridgehead atoms. The molecule has 0 aliphatic heterocycles. The third-order valence-electron chi connectivity index (χ3n) is 3.30. The van der Waals surface area contributed by atoms with Gasteiger partial charge in [0.1, 0.15) is 0 Å². The summed E-state index contributed by atoms with van der Waals surface area (Å²) in [5.41, 5.74) is 3.32. The second kappa shape index (κ2) is 5.57. The zero-order valence-corrected chi connectivity index (χ0v) is 11.2. The molecule has 0 aliphatic rings. The maximum Gasteiger partial charge on any atom is 0.223 e. The summed E-state index contributed by atoms with van der Waals surface area (Å²) in [6.45, 7) is 2.59. The number of carbonyl (C=O) groups excluding carboxylic acids is 1. The minimum absolute atomic E-state index is 0.00577. The highest BCUT2D eigenvalue weighted by molar-refractivity contribution is 5.85. The van der Waals surface area contributed by atoms with Crippen molar-refractivity contribution in [2.45, 2.75) is 26.3 Å². The van der Waals surface area contributed by atoms with E-state index in [-0.39, 0.29) is 18.7 Å². The number of H-pyrrole nitrogens is 1. The molecule has 0 radical (unpaired) electrons. The Morgan fingerprint density at radius 3 is 2.89 bits per heavy atom. The fourth-order valence-corrected chi connectivity index (χ4v) is 2.22. The van der Waals surface area contributed by atoms with Crippen LogP contribution in [0.25, 0.3) is 10.9 Å². The number of hydrogen-bond donors (Lipinski definition) is 1. The van der Waals surface area contributed by atoms with Crippen LogP contribution in [0.3, 0.4) is 0 Å². The number of nitriles is 1. The van der Waals surface area contributed by atoms with E-state index in [9.17, 15) is 4.79 Å². The number of benzene rings is 1. The molecule has 0 saturated carbocycles. The lowest BCUT2D eigenvalue weighted by molar-refractivity contribution is -0.130. The topological polar surface area (TPSA) is 59.9 Å². The van der Waals surface area contributed by atoms with E-state index in [1.54, 1.807) is 11.9 Å². The van der Waals surface area contributed by atoms with Crippen LogP contribution in [-0.4, -0.2) is 22.8 Å². The van der Waals surface area contributed by atoms with E-state index in [0.717, 1.165) is 22.2 Å². The SMILES string of the molecule is Cc1[nH]c2ccccc2c1CN(C)C(=O)CCC#N. The van der Waals surface area contributed by atoms with Crippen LogP contribution in [-0.2, 0) is 11.3 Å². The molecular formula is C15H17N3O. The first-order valence-electron chi connectivity index (χ1n) is 6.30. The fraction of sp³-hybridized carbons (Fsp3) is 0.333. The lowest BCUT2D eigenvalue weighted by Crippen LogP contribution is -2.25. The van der Waals surface area contributed by atoms with E-state index in [1.807, 2.05) is 31.2 Å². The quantitative estimate of drug-likeness (QED) is 0.913. The van der Waals surface area contributed by atoms with Crippen LogP contribution in [0, 0.1) is 18.3 Å². The largest absolute Gasteiger partial charge is 0.358 e. The standard InChI is InChI=1S/C15H17N3O/c1-11-13(10-18(2)15(19)8-5-9-16)12-6-3-4-7-14(12)17-11/h3-4,6-7,17H,5,8,10H2,1-2H3. The van der Waals surface area contributed by atoms with Gasteiger partial charge in [0.25, 0.3) is 0 Å². The van der Waals surface area contributed by atoms with Gasteiger partial charge in [-0.25, -0.2) is 0 Å². The van der Waals surface area contributed by atoms with E-state index in [0.29, 0.717) is 6.54 Å². The molecule has 19 heavy (non-hydrogen) atoms. The van der Waals surface area contributed by atoms with Crippen molar-refractivity contribution < 1.29 is 4.79 Å². The summed E-state index contributed by atoms with van der Waals surface area (Å²) in [7, 11) is 1.78. The molecular weight excluding hydrogens is 238 g/mol. The van der Waals surface area contributed by atoms with Crippen LogP contribution >= 0.6 is 0 Å². The normalized spacial score (nSPS) is 10.4. The second-order valence-electron chi connectivity index (χ2n) is 4.68. The Bertz CT molecular complexity index is 636. The number of hydrogen-bond acceptors (Lipinski definition) is 2. The summed E-state index contributed by atoms with van der Waals surface area (Å²) < 4.78 is 0. The monoisotopic (exact) mass is 255 g/mol. The van der Waals surface area contributed by atoms with Crippen molar-refractivity contribution in [1.82, 2.24) is 9.88 Å². The van der Waals surface area contributed by atoms with Crippen molar-refractivity contribution in [3.8, 4) is 6.07 Å². The summed E-state index contributed by atoms with van der Waals surface area (Å²) in [4.78, 5) is 16.8. The van der Waals surface area contributed by atoms with Gasteiger partial charge in [0, 0.05) is 43.0 Å². The van der Waals surface area contributed by atoms with Crippen LogP contribution in [0.4, 0.5) is 0 Å². The minimum Gasteiger partial charge on any atom is -0.358 e. The smallest absolute Gasteiger partial charge is 0.223 e. The van der Waals surface area contributed by atoms with Crippen LogP contribution in [0.2, 0.25) is 0 Å². The molecule has 1 N–H and O–H groups in total. The van der Waals surface area contributed by atoms with E-state index in [1.165, 1.54) is 0 Å². The van der Waals surface area contributed by atoms with Crippen LogP contribution in [0.5, 0.6) is 0 Å². The van der Waals surface area contributed by atoms with Crippen molar-refractivity contribution in [2.75, 3.05) is 7.05 Å². The van der Waals surface area contributed by atoms with Crippen molar-refractivity contribution in [3.05, 3.63) is 35.5 Å². The van der Waals surface area contributed by atoms with Gasteiger partial charge in [0.2, 0.25) is 5.91 Å². The summed E-state index contributed by atoms with van der Waals surface area (Å²) in [5, 5.41) is 9.67. The number of para-hydroxylation sites is 1. The van der Waals surface area contributed by atoms with Crippen LogP contribution in [0.15, 0.2) is 24.3 Å². The number of rotatable bonds is 4. The molecule has 2 rings (SSSR count). The zero-order chi connectivity index (χ0) is 13.8. The first kappa shape index (κ1) is 13.2. The Morgan fingerprint density at radius 2 is 2.16 bits per heavy atom. The predicted octanol–water partition coefficient (Wildman–Crippen LogP) is 2.74. The predicted molar refractivity (Wildman–Crippen MR) is 74.4 cm³/mol. The third-order valence-corrected chi connectivity index (χ3v) is 3.30. The fourth-order valence-electron chi connectivity index (χ4n) is 2.22. The summed E-state index contributed by atoms with van der Waals surface area (Å²) in [6, 6.07) is 10.1. The van der Waals surface area contributed by atoms with E-state index < -0.39 is 0 Å². The number of aryl methyl sites for hydroxylation is 1. The van der Waals surface area contributed by atoms with E-state index in [4.69, 9.17) is 5.26 Å². The Hall–Kier alpha value is -2.28. The molecule has 1 aromatic carbocycles. The molecule has 0 atom stereocenters. The Labute approximate surface area is 112 Å². The number of nitrogens with zero attached hydrogens (tertiary/aromatic N) is 2. The van der Waals surface area contributed by atoms with Gasteiger partial charge in [0.05, 0.1) is 6.07 Å². The third kappa shape index (κ3) is 2.76. The molecule has 0 aliphatic carbocycles. The Morgan fingerprint density at radius 1 is 1.42 bits per heavy atom. The molecule has 1 heterocycles. The lowest BCUT2D eigenvalue weighted by atomic mass is 10.1. The van der Waals surface area contributed by atoms with Gasteiger partial charge in [-0.15, -0.1) is 0 Å². The van der Waals surface area contributed by atoms with Crippen molar-refractivity contribution in [2.24, 2.45) is 0 Å². The highest BCUT2D eigenvalue weighted by atomic mass is 16.2. The maximum atomic E-state index is 11.8. The summed E-state index contributed by atoms with van der Waals surface area (Å²) in [6.07, 6.45) is 0.560. The van der Waals surface area contributed by atoms with Crippen molar-refractivity contribution >= 4 is 16.8 Å². The average Bonchev–Trinajstić information content (AvgIpc) is 2.72. The molecule has 4 nitrogen and oxygen atoms in total. The first-order chi connectivity index (χ1) is 9.13. The van der Waals surface area contributed by atoms with E-state index in [2.05, 4.69) is 11.1 Å². The molecule has 0 unspecified atom stereocenters. The zero-order valence-electron chi connectivity index (χ0n) is 11.2. The molecule has 98 valence electrons. The highest BCUT2D eigenvalue weighted by Crippen LogP contribution is 2.23. The average molecular weight is 255 g/mol. The van der Waals surface area contributed by atoms with Gasteiger partial charge in [0.15, 0.2) is 0 Å². The molecule has 0 fully saturated rings. The Kier molecular flexibility index (Phi) is 3.86. The molecule has 1 amide bonds. The maximum absolute atomic E-state index is 11.8. The number of aromatic amines is 1. The number of carbonyl (C=O) groups is 1. The molecule has 2 aromatic rings. The molecule has 4 heteroatoms. The molecule has 0 spiro atoms. The summed E-state index contributed by atoms with van der Waals surface area (Å²) in [5.74, 6) is 0.00577. The number of fused-ring (bicyclic) bond motifs is 1. The van der Waals surface area contributed by atoms with Crippen LogP contribution in [0.1, 0.15) is 24.1 Å². The van der Waals surface area contributed by atoms with Gasteiger partial charge in [-0.1, -0.05) is 18.2 Å². The van der Waals surface area contributed by atoms with Gasteiger partial charge >= 0.3 is 0 Å². The summed E-state index contributed by atoms with van der Waals surface area (Å²) >= 11 is 0. The van der Waals surface area contributed by atoms with Gasteiger partial charge in [-0.05, 0) is 18.6 Å². The minimum atomic E-state index is 0.00577. The van der Waals surface area contributed by atoms with Gasteiger partial charge in [-0.2, -0.15) is 5.26 Å². The second-order valence-corrected chi connectivity index (χ2v) is 4.68. The molecule has 1 aromatic heterocycles. The van der Waals surface area contributed by atoms with Gasteiger partial charge in [-0.3, -0.25) is 4.79 Å². The van der Waals surface area contributed by atoms with E-state index >= 15 is 0 Å². The van der Waals surface area contributed by atoms with Crippen molar-refractivity contribution in [3.63, 3.8) is 0 Å². The molecule has 0 saturated heterocycles. The van der Waals surface area contributed by atoms with Gasteiger partial charge < -0.3 is 9.88 Å². The highest BCUT2D eigenvalue weighted by Gasteiger charge is 2.13. The van der Waals surface area contributed by atoms with Crippen molar-refractivity contribution in [1.29, 1.82) is 5.26 Å².